The van der Waals surface area contributed by atoms with E-state index in [9.17, 15) is 0 Å². The Morgan fingerprint density at radius 3 is 2.75 bits per heavy atom. The Kier molecular flexibility index (Phi) is 7.06. The zero-order chi connectivity index (χ0) is 11.8. The van der Waals surface area contributed by atoms with Gasteiger partial charge in [-0.2, -0.15) is 0 Å². The average molecular weight is 227 g/mol. The van der Waals surface area contributed by atoms with Crippen molar-refractivity contribution in [2.45, 2.75) is 58.9 Å². The first-order chi connectivity index (χ1) is 7.77. The van der Waals surface area contributed by atoms with E-state index in [0.717, 1.165) is 44.1 Å². The summed E-state index contributed by atoms with van der Waals surface area (Å²) < 4.78 is 5.35. The fourth-order valence-corrected chi connectivity index (χ4v) is 2.82. The molecule has 2 nitrogen and oxygen atoms in total. The molecule has 96 valence electrons. The summed E-state index contributed by atoms with van der Waals surface area (Å²) in [4.78, 5) is 0. The molecule has 0 spiro atoms. The summed E-state index contributed by atoms with van der Waals surface area (Å²) in [7, 11) is 0. The lowest BCUT2D eigenvalue weighted by Crippen LogP contribution is -2.40. The molecule has 0 aromatic rings. The van der Waals surface area contributed by atoms with Crippen LogP contribution in [0.2, 0.25) is 0 Å². The second kappa shape index (κ2) is 8.08. The molecular formula is C14H29NO. The molecule has 1 fully saturated rings. The first kappa shape index (κ1) is 14.0. The fraction of sp³-hybridized carbons (Fsp3) is 1.00. The maximum Gasteiger partial charge on any atom is 0.0477 e. The van der Waals surface area contributed by atoms with Crippen LogP contribution in [0.1, 0.15) is 52.9 Å². The molecule has 0 aliphatic heterocycles. The zero-order valence-electron chi connectivity index (χ0n) is 11.3. The molecule has 0 bridgehead atoms. The van der Waals surface area contributed by atoms with Gasteiger partial charge in [-0.3, -0.25) is 0 Å². The van der Waals surface area contributed by atoms with Crippen molar-refractivity contribution in [3.05, 3.63) is 0 Å². The molecule has 1 saturated carbocycles. The van der Waals surface area contributed by atoms with Gasteiger partial charge < -0.3 is 10.1 Å². The molecule has 3 unspecified atom stereocenters. The first-order valence-electron chi connectivity index (χ1n) is 7.09. The third-order valence-corrected chi connectivity index (χ3v) is 3.85. The standard InChI is InChI=1S/C14H29NO/c1-4-13-11-12(3)7-8-14(13)15-9-6-10-16-5-2/h12-15H,4-11H2,1-3H3. The average Bonchev–Trinajstić information content (AvgIpc) is 2.30. The van der Waals surface area contributed by atoms with Crippen LogP contribution in [-0.2, 0) is 4.74 Å². The Balaban J connectivity index is 2.14. The second-order valence-corrected chi connectivity index (χ2v) is 5.20. The third kappa shape index (κ3) is 4.84. The van der Waals surface area contributed by atoms with Gasteiger partial charge in [-0.05, 0) is 51.0 Å². The smallest absolute Gasteiger partial charge is 0.0477 e. The Bertz CT molecular complexity index is 172. The van der Waals surface area contributed by atoms with E-state index in [1.807, 2.05) is 0 Å². The fourth-order valence-electron chi connectivity index (χ4n) is 2.82. The van der Waals surface area contributed by atoms with Gasteiger partial charge >= 0.3 is 0 Å². The van der Waals surface area contributed by atoms with Crippen molar-refractivity contribution in [1.29, 1.82) is 0 Å². The highest BCUT2D eigenvalue weighted by Crippen LogP contribution is 2.30. The van der Waals surface area contributed by atoms with Gasteiger partial charge in [0.1, 0.15) is 0 Å². The molecule has 0 saturated heterocycles. The van der Waals surface area contributed by atoms with Crippen LogP contribution in [0.15, 0.2) is 0 Å². The molecule has 1 rings (SSSR count). The topological polar surface area (TPSA) is 21.3 Å². The van der Waals surface area contributed by atoms with Gasteiger partial charge in [-0.15, -0.1) is 0 Å². The molecule has 0 radical (unpaired) electrons. The zero-order valence-corrected chi connectivity index (χ0v) is 11.3. The predicted molar refractivity (Wildman–Crippen MR) is 69.7 cm³/mol. The summed E-state index contributed by atoms with van der Waals surface area (Å²) in [5, 5.41) is 3.72. The van der Waals surface area contributed by atoms with Crippen molar-refractivity contribution in [2.75, 3.05) is 19.8 Å². The van der Waals surface area contributed by atoms with Gasteiger partial charge in [0.2, 0.25) is 0 Å². The predicted octanol–water partition coefficient (Wildman–Crippen LogP) is 3.22. The largest absolute Gasteiger partial charge is 0.382 e. The van der Waals surface area contributed by atoms with Crippen LogP contribution in [0, 0.1) is 11.8 Å². The minimum Gasteiger partial charge on any atom is -0.382 e. The summed E-state index contributed by atoms with van der Waals surface area (Å²) in [6, 6.07) is 0.767. The highest BCUT2D eigenvalue weighted by Gasteiger charge is 2.26. The van der Waals surface area contributed by atoms with Crippen LogP contribution in [-0.4, -0.2) is 25.8 Å². The van der Waals surface area contributed by atoms with Gasteiger partial charge in [0.25, 0.3) is 0 Å². The third-order valence-electron chi connectivity index (χ3n) is 3.85. The molecule has 3 atom stereocenters. The summed E-state index contributed by atoms with van der Waals surface area (Å²) in [5.74, 6) is 1.84. The van der Waals surface area contributed by atoms with Crippen LogP contribution in [0.4, 0.5) is 0 Å². The SMILES string of the molecule is CCOCCCNC1CCC(C)CC1CC. The lowest BCUT2D eigenvalue weighted by molar-refractivity contribution is 0.140. The lowest BCUT2D eigenvalue weighted by Gasteiger charge is -2.35. The maximum absolute atomic E-state index is 5.35. The Morgan fingerprint density at radius 2 is 2.06 bits per heavy atom. The Hall–Kier alpha value is -0.0800. The molecule has 1 N–H and O–H groups in total. The van der Waals surface area contributed by atoms with Crippen molar-refractivity contribution in [2.24, 2.45) is 11.8 Å². The molecule has 0 aromatic heterocycles. The summed E-state index contributed by atoms with van der Waals surface area (Å²) >= 11 is 0. The number of rotatable bonds is 7. The van der Waals surface area contributed by atoms with Gasteiger partial charge in [-0.1, -0.05) is 20.3 Å². The molecule has 1 aliphatic carbocycles. The Morgan fingerprint density at radius 1 is 1.25 bits per heavy atom. The molecule has 0 heterocycles. The molecular weight excluding hydrogens is 198 g/mol. The normalized spacial score (nSPS) is 30.6. The van der Waals surface area contributed by atoms with E-state index in [0.29, 0.717) is 0 Å². The van der Waals surface area contributed by atoms with E-state index < -0.39 is 0 Å². The van der Waals surface area contributed by atoms with Crippen LogP contribution >= 0.6 is 0 Å². The molecule has 2 heteroatoms. The molecule has 0 amide bonds. The van der Waals surface area contributed by atoms with Crippen molar-refractivity contribution in [3.8, 4) is 0 Å². The minimum absolute atomic E-state index is 0.767. The van der Waals surface area contributed by atoms with Gasteiger partial charge in [-0.25, -0.2) is 0 Å². The van der Waals surface area contributed by atoms with Crippen LogP contribution in [0.5, 0.6) is 0 Å². The van der Waals surface area contributed by atoms with Crippen LogP contribution in [0.25, 0.3) is 0 Å². The van der Waals surface area contributed by atoms with E-state index in [1.165, 1.54) is 25.7 Å². The summed E-state index contributed by atoms with van der Waals surface area (Å²) in [6.45, 7) is 9.66. The van der Waals surface area contributed by atoms with Crippen molar-refractivity contribution in [1.82, 2.24) is 5.32 Å². The maximum atomic E-state index is 5.35. The van der Waals surface area contributed by atoms with Crippen LogP contribution in [0.3, 0.4) is 0 Å². The quantitative estimate of drug-likeness (QED) is 0.674. The minimum atomic E-state index is 0.767. The monoisotopic (exact) mass is 227 g/mol. The number of hydrogen-bond donors (Lipinski definition) is 1. The number of hydrogen-bond acceptors (Lipinski definition) is 2. The van der Waals surface area contributed by atoms with Gasteiger partial charge in [0.05, 0.1) is 0 Å². The lowest BCUT2D eigenvalue weighted by atomic mass is 9.77. The summed E-state index contributed by atoms with van der Waals surface area (Å²) in [5.41, 5.74) is 0. The molecule has 0 aromatic carbocycles. The van der Waals surface area contributed by atoms with E-state index >= 15 is 0 Å². The van der Waals surface area contributed by atoms with Crippen molar-refractivity contribution in [3.63, 3.8) is 0 Å². The van der Waals surface area contributed by atoms with E-state index in [1.54, 1.807) is 0 Å². The number of ether oxygens (including phenoxy) is 1. The van der Waals surface area contributed by atoms with Crippen molar-refractivity contribution < 1.29 is 4.74 Å². The summed E-state index contributed by atoms with van der Waals surface area (Å²) in [6.07, 6.45) is 6.66. The van der Waals surface area contributed by atoms with Crippen LogP contribution < -0.4 is 5.32 Å². The highest BCUT2D eigenvalue weighted by molar-refractivity contribution is 4.82. The molecule has 1 aliphatic rings. The van der Waals surface area contributed by atoms with Gasteiger partial charge in [0, 0.05) is 19.3 Å². The second-order valence-electron chi connectivity index (χ2n) is 5.20. The highest BCUT2D eigenvalue weighted by atomic mass is 16.5. The van der Waals surface area contributed by atoms with E-state index in [2.05, 4.69) is 26.1 Å². The van der Waals surface area contributed by atoms with Crippen molar-refractivity contribution >= 4 is 0 Å². The molecule has 16 heavy (non-hydrogen) atoms. The van der Waals surface area contributed by atoms with E-state index in [4.69, 9.17) is 4.74 Å². The van der Waals surface area contributed by atoms with Gasteiger partial charge in [0.15, 0.2) is 0 Å². The Labute approximate surface area is 101 Å². The first-order valence-corrected chi connectivity index (χ1v) is 7.09. The van der Waals surface area contributed by atoms with E-state index in [-0.39, 0.29) is 0 Å². The number of nitrogens with one attached hydrogen (secondary N) is 1.